The first kappa shape index (κ1) is 8.42. The first-order valence-corrected chi connectivity index (χ1v) is 5.32. The third kappa shape index (κ3) is 1.25. The van der Waals surface area contributed by atoms with Crippen LogP contribution in [0.1, 0.15) is 24.4 Å². The van der Waals surface area contributed by atoms with Crippen molar-refractivity contribution in [2.45, 2.75) is 18.9 Å². The van der Waals surface area contributed by atoms with Gasteiger partial charge in [-0.2, -0.15) is 0 Å². The van der Waals surface area contributed by atoms with Crippen LogP contribution in [0.15, 0.2) is 24.3 Å². The van der Waals surface area contributed by atoms with E-state index in [-0.39, 0.29) is 5.82 Å². The van der Waals surface area contributed by atoms with Gasteiger partial charge in [0.1, 0.15) is 5.82 Å². The van der Waals surface area contributed by atoms with E-state index in [0.717, 1.165) is 18.4 Å². The van der Waals surface area contributed by atoms with Crippen molar-refractivity contribution in [1.29, 1.82) is 0 Å². The predicted molar refractivity (Wildman–Crippen MR) is 53.4 cm³/mol. The quantitative estimate of drug-likeness (QED) is 0.719. The van der Waals surface area contributed by atoms with E-state index in [4.69, 9.17) is 0 Å². The third-order valence-electron chi connectivity index (χ3n) is 3.60. The molecule has 4 rings (SSSR count). The van der Waals surface area contributed by atoms with E-state index in [1.807, 2.05) is 12.1 Å². The van der Waals surface area contributed by atoms with Crippen molar-refractivity contribution in [1.82, 2.24) is 5.32 Å². The van der Waals surface area contributed by atoms with Crippen molar-refractivity contribution < 1.29 is 4.39 Å². The molecule has 1 aromatic rings. The average molecular weight is 191 g/mol. The summed E-state index contributed by atoms with van der Waals surface area (Å²) in [7, 11) is 0. The standard InChI is InChI=1S/C12H14FN/c13-11-3-1-9(2-4-11)12-10-5-8(6-10)7-14-12/h1-4,8,10,12,14H,5-7H2. The molecule has 3 aliphatic rings. The summed E-state index contributed by atoms with van der Waals surface area (Å²) < 4.78 is 12.7. The van der Waals surface area contributed by atoms with Crippen molar-refractivity contribution in [3.63, 3.8) is 0 Å². The fourth-order valence-electron chi connectivity index (χ4n) is 2.75. The minimum Gasteiger partial charge on any atom is -0.309 e. The number of halogens is 1. The van der Waals surface area contributed by atoms with Gasteiger partial charge in [-0.15, -0.1) is 0 Å². The van der Waals surface area contributed by atoms with Gasteiger partial charge in [0.25, 0.3) is 0 Å². The maximum absolute atomic E-state index is 12.7. The number of benzene rings is 1. The first-order valence-electron chi connectivity index (χ1n) is 5.32. The zero-order chi connectivity index (χ0) is 9.54. The second-order valence-electron chi connectivity index (χ2n) is 4.53. The van der Waals surface area contributed by atoms with E-state index in [0.29, 0.717) is 6.04 Å². The van der Waals surface area contributed by atoms with Crippen LogP contribution in [0.25, 0.3) is 0 Å². The molecular formula is C12H14FN. The molecule has 74 valence electrons. The van der Waals surface area contributed by atoms with E-state index >= 15 is 0 Å². The predicted octanol–water partition coefficient (Wildman–Crippen LogP) is 2.50. The zero-order valence-corrected chi connectivity index (χ0v) is 8.04. The Morgan fingerprint density at radius 1 is 1.14 bits per heavy atom. The Labute approximate surface area is 83.3 Å². The van der Waals surface area contributed by atoms with Crippen molar-refractivity contribution >= 4 is 0 Å². The molecule has 1 N–H and O–H groups in total. The van der Waals surface area contributed by atoms with Crippen molar-refractivity contribution in [2.75, 3.05) is 6.54 Å². The topological polar surface area (TPSA) is 12.0 Å². The Balaban J connectivity index is 1.83. The van der Waals surface area contributed by atoms with Gasteiger partial charge in [0.2, 0.25) is 0 Å². The number of hydrogen-bond acceptors (Lipinski definition) is 1. The van der Waals surface area contributed by atoms with Gasteiger partial charge in [-0.25, -0.2) is 4.39 Å². The molecule has 1 nitrogen and oxygen atoms in total. The van der Waals surface area contributed by atoms with E-state index in [9.17, 15) is 4.39 Å². The van der Waals surface area contributed by atoms with E-state index < -0.39 is 0 Å². The van der Waals surface area contributed by atoms with Crippen molar-refractivity contribution in [3.05, 3.63) is 35.6 Å². The number of nitrogens with one attached hydrogen (secondary N) is 1. The minimum atomic E-state index is -0.143. The average Bonchev–Trinajstić information content (AvgIpc) is 2.18. The monoisotopic (exact) mass is 191 g/mol. The summed E-state index contributed by atoms with van der Waals surface area (Å²) in [6, 6.07) is 7.40. The highest BCUT2D eigenvalue weighted by molar-refractivity contribution is 5.22. The van der Waals surface area contributed by atoms with Gasteiger partial charge >= 0.3 is 0 Å². The van der Waals surface area contributed by atoms with Crippen LogP contribution < -0.4 is 5.32 Å². The normalized spacial score (nSPS) is 35.1. The highest BCUT2D eigenvalue weighted by atomic mass is 19.1. The fraction of sp³-hybridized carbons (Fsp3) is 0.500. The molecule has 1 aliphatic carbocycles. The molecule has 3 fully saturated rings. The van der Waals surface area contributed by atoms with E-state index in [1.165, 1.54) is 18.4 Å². The zero-order valence-electron chi connectivity index (χ0n) is 8.04. The van der Waals surface area contributed by atoms with E-state index in [1.54, 1.807) is 12.1 Å². The summed E-state index contributed by atoms with van der Waals surface area (Å²) in [5, 5.41) is 3.53. The molecule has 1 saturated carbocycles. The molecule has 14 heavy (non-hydrogen) atoms. The molecule has 2 heterocycles. The third-order valence-corrected chi connectivity index (χ3v) is 3.60. The SMILES string of the molecule is Fc1ccc(C2NCC3CC2C3)cc1. The summed E-state index contributed by atoms with van der Waals surface area (Å²) in [6.07, 6.45) is 2.71. The number of rotatable bonds is 1. The lowest BCUT2D eigenvalue weighted by Crippen LogP contribution is -2.48. The van der Waals surface area contributed by atoms with Crippen molar-refractivity contribution in [2.24, 2.45) is 11.8 Å². The smallest absolute Gasteiger partial charge is 0.123 e. The molecular weight excluding hydrogens is 177 g/mol. The van der Waals surface area contributed by atoms with Crippen LogP contribution in [0.4, 0.5) is 4.39 Å². The minimum absolute atomic E-state index is 0.143. The Hall–Kier alpha value is -0.890. The Morgan fingerprint density at radius 2 is 1.86 bits per heavy atom. The van der Waals surface area contributed by atoms with Gasteiger partial charge in [0.15, 0.2) is 0 Å². The summed E-state index contributed by atoms with van der Waals surface area (Å²) in [5.41, 5.74) is 1.24. The molecule has 1 unspecified atom stereocenters. The second kappa shape index (κ2) is 3.06. The summed E-state index contributed by atoms with van der Waals surface area (Å²) in [5.74, 6) is 1.56. The molecule has 2 heteroatoms. The van der Waals surface area contributed by atoms with Crippen LogP contribution in [0.3, 0.4) is 0 Å². The van der Waals surface area contributed by atoms with Gasteiger partial charge in [-0.3, -0.25) is 0 Å². The second-order valence-corrected chi connectivity index (χ2v) is 4.53. The van der Waals surface area contributed by atoms with Gasteiger partial charge in [0.05, 0.1) is 0 Å². The molecule has 0 amide bonds. The van der Waals surface area contributed by atoms with Crippen LogP contribution in [-0.4, -0.2) is 6.54 Å². The van der Waals surface area contributed by atoms with Crippen LogP contribution in [-0.2, 0) is 0 Å². The maximum atomic E-state index is 12.7. The van der Waals surface area contributed by atoms with Crippen LogP contribution in [0.5, 0.6) is 0 Å². The Morgan fingerprint density at radius 3 is 2.43 bits per heavy atom. The molecule has 2 aliphatic heterocycles. The summed E-state index contributed by atoms with van der Waals surface area (Å²) >= 11 is 0. The number of piperidine rings is 2. The highest BCUT2D eigenvalue weighted by Gasteiger charge is 2.40. The first-order chi connectivity index (χ1) is 6.83. The fourth-order valence-corrected chi connectivity index (χ4v) is 2.75. The highest BCUT2D eigenvalue weighted by Crippen LogP contribution is 2.45. The lowest BCUT2D eigenvalue weighted by molar-refractivity contribution is 0.0831. The summed E-state index contributed by atoms with van der Waals surface area (Å²) in [4.78, 5) is 0. The Kier molecular flexibility index (Phi) is 1.84. The lowest BCUT2D eigenvalue weighted by atomic mass is 9.66. The maximum Gasteiger partial charge on any atom is 0.123 e. The number of fused-ring (bicyclic) bond motifs is 2. The lowest BCUT2D eigenvalue weighted by Gasteiger charge is -2.47. The summed E-state index contributed by atoms with van der Waals surface area (Å²) in [6.45, 7) is 1.14. The van der Waals surface area contributed by atoms with Gasteiger partial charge in [-0.1, -0.05) is 12.1 Å². The molecule has 0 spiro atoms. The molecule has 0 aromatic heterocycles. The van der Waals surface area contributed by atoms with Gasteiger partial charge in [-0.05, 0) is 48.9 Å². The molecule has 0 radical (unpaired) electrons. The molecule has 1 atom stereocenters. The van der Waals surface area contributed by atoms with Crippen molar-refractivity contribution in [3.8, 4) is 0 Å². The van der Waals surface area contributed by atoms with Gasteiger partial charge in [0, 0.05) is 6.04 Å². The Bertz CT molecular complexity index is 324. The van der Waals surface area contributed by atoms with E-state index in [2.05, 4.69) is 5.32 Å². The van der Waals surface area contributed by atoms with Crippen LogP contribution >= 0.6 is 0 Å². The molecule has 1 aromatic carbocycles. The van der Waals surface area contributed by atoms with Crippen LogP contribution in [0.2, 0.25) is 0 Å². The molecule has 2 saturated heterocycles. The van der Waals surface area contributed by atoms with Gasteiger partial charge < -0.3 is 5.32 Å². The largest absolute Gasteiger partial charge is 0.309 e. The molecule has 2 bridgehead atoms. The number of hydrogen-bond donors (Lipinski definition) is 1. The van der Waals surface area contributed by atoms with Crippen LogP contribution in [0, 0.1) is 17.7 Å².